The summed E-state index contributed by atoms with van der Waals surface area (Å²) < 4.78 is 7.31. The molecule has 104 valence electrons. The summed E-state index contributed by atoms with van der Waals surface area (Å²) in [6.07, 6.45) is 1.71. The van der Waals surface area contributed by atoms with Crippen LogP contribution in [0.25, 0.3) is 0 Å². The third kappa shape index (κ3) is 3.33. The number of carbonyl (C=O) groups is 1. The largest absolute Gasteiger partial charge is 0.481 e. The molecule has 0 radical (unpaired) electrons. The minimum Gasteiger partial charge on any atom is -0.481 e. The second-order valence-electron chi connectivity index (χ2n) is 5.29. The minimum absolute atomic E-state index is 0.0114. The lowest BCUT2D eigenvalue weighted by molar-refractivity contribution is -0.147. The quantitative estimate of drug-likeness (QED) is 0.816. The fourth-order valence-electron chi connectivity index (χ4n) is 2.83. The molecule has 1 aliphatic rings. The van der Waals surface area contributed by atoms with Gasteiger partial charge in [0.2, 0.25) is 1.43 Å². The van der Waals surface area contributed by atoms with E-state index in [1.54, 1.807) is 0 Å². The van der Waals surface area contributed by atoms with Gasteiger partial charge in [0.1, 0.15) is 0 Å². The molecule has 0 amide bonds. The van der Waals surface area contributed by atoms with Crippen molar-refractivity contribution in [2.24, 2.45) is 5.92 Å². The number of aliphatic carboxylic acids is 1. The zero-order chi connectivity index (χ0) is 14.5. The number of likely N-dealkylation sites (tertiary alicyclic amines) is 1. The molecule has 0 spiro atoms. The summed E-state index contributed by atoms with van der Waals surface area (Å²) in [5.74, 6) is -1.59. The molecule has 0 saturated carbocycles. The predicted octanol–water partition coefficient (Wildman–Crippen LogP) is 1.39. The molecule has 1 fully saturated rings. The zero-order valence-electron chi connectivity index (χ0n) is 12.2. The monoisotopic (exact) mass is 265 g/mol. The summed E-state index contributed by atoms with van der Waals surface area (Å²) in [7, 11) is 1.96. The highest BCUT2D eigenvalue weighted by Gasteiger charge is 2.36. The van der Waals surface area contributed by atoms with Crippen LogP contribution in [-0.4, -0.2) is 48.3 Å². The van der Waals surface area contributed by atoms with Crippen LogP contribution in [0.5, 0.6) is 0 Å². The summed E-state index contributed by atoms with van der Waals surface area (Å²) >= 11 is 0. The van der Waals surface area contributed by atoms with E-state index in [-0.39, 0.29) is 6.04 Å². The van der Waals surface area contributed by atoms with Crippen LogP contribution in [0.1, 0.15) is 18.4 Å². The van der Waals surface area contributed by atoms with Crippen molar-refractivity contribution < 1.29 is 15.0 Å². The molecule has 3 unspecified atom stereocenters. The first-order chi connectivity index (χ1) is 9.63. The van der Waals surface area contributed by atoms with Crippen molar-refractivity contribution in [1.82, 2.24) is 4.90 Å². The van der Waals surface area contributed by atoms with Crippen molar-refractivity contribution in [3.8, 4) is 0 Å². The Morgan fingerprint density at radius 3 is 2.79 bits per heavy atom. The smallest absolute Gasteiger partial charge is 0.309 e. The molecule has 3 atom stereocenters. The van der Waals surface area contributed by atoms with E-state index in [2.05, 4.69) is 4.90 Å². The minimum atomic E-state index is -0.897. The summed E-state index contributed by atoms with van der Waals surface area (Å²) in [5.41, 5.74) is 0.961. The molecule has 4 nitrogen and oxygen atoms in total. The SMILES string of the molecule is [3H]OC(C(Cc1ccccc1)C(=O)O)C1CCCN1C. The van der Waals surface area contributed by atoms with Gasteiger partial charge in [-0.2, -0.15) is 0 Å². The van der Waals surface area contributed by atoms with Crippen molar-refractivity contribution in [2.45, 2.75) is 31.4 Å². The molecular formula is C15H21NO3. The molecule has 1 saturated heterocycles. The zero-order valence-corrected chi connectivity index (χ0v) is 11.2. The van der Waals surface area contributed by atoms with Crippen LogP contribution in [0, 0.1) is 5.92 Å². The van der Waals surface area contributed by atoms with Gasteiger partial charge in [-0.15, -0.1) is 0 Å². The van der Waals surface area contributed by atoms with Gasteiger partial charge >= 0.3 is 5.97 Å². The molecule has 2 N–H and O–H groups in total. The van der Waals surface area contributed by atoms with Crippen molar-refractivity contribution >= 4 is 5.97 Å². The molecule has 1 aromatic carbocycles. The Morgan fingerprint density at radius 2 is 2.26 bits per heavy atom. The highest BCUT2D eigenvalue weighted by atomic mass is 16.4. The first-order valence-electron chi connectivity index (χ1n) is 7.13. The maximum Gasteiger partial charge on any atom is 0.309 e. The fraction of sp³-hybridized carbons (Fsp3) is 0.533. The summed E-state index contributed by atoms with van der Waals surface area (Å²) in [6.45, 7) is 0.933. The van der Waals surface area contributed by atoms with Gasteiger partial charge in [-0.3, -0.25) is 4.79 Å². The van der Waals surface area contributed by atoms with Crippen molar-refractivity contribution in [3.63, 3.8) is 0 Å². The van der Waals surface area contributed by atoms with Crippen LogP contribution in [-0.2, 0) is 11.2 Å². The van der Waals surface area contributed by atoms with E-state index >= 15 is 0 Å². The topological polar surface area (TPSA) is 60.8 Å². The van der Waals surface area contributed by atoms with Gasteiger partial charge in [-0.1, -0.05) is 30.3 Å². The Hall–Kier alpha value is -1.39. The van der Waals surface area contributed by atoms with E-state index in [0.29, 0.717) is 6.42 Å². The van der Waals surface area contributed by atoms with E-state index in [1.807, 2.05) is 37.4 Å². The van der Waals surface area contributed by atoms with Crippen molar-refractivity contribution in [1.29, 1.82) is 1.43 Å². The third-order valence-corrected chi connectivity index (χ3v) is 3.97. The second kappa shape index (κ2) is 6.17. The predicted molar refractivity (Wildman–Crippen MR) is 72.9 cm³/mol. The molecule has 0 aromatic heterocycles. The van der Waals surface area contributed by atoms with Gasteiger partial charge in [0.05, 0.1) is 12.0 Å². The van der Waals surface area contributed by atoms with E-state index in [4.69, 9.17) is 6.54 Å². The average Bonchev–Trinajstić information content (AvgIpc) is 2.86. The maximum atomic E-state index is 11.6. The van der Waals surface area contributed by atoms with Gasteiger partial charge in [0.25, 0.3) is 0 Å². The number of benzene rings is 1. The Balaban J connectivity index is 2.15. The Bertz CT molecular complexity index is 440. The maximum absolute atomic E-state index is 11.6. The van der Waals surface area contributed by atoms with Crippen molar-refractivity contribution in [3.05, 3.63) is 35.9 Å². The Kier molecular flexibility index (Phi) is 4.10. The number of hydrogen-bond donors (Lipinski definition) is 2. The highest BCUT2D eigenvalue weighted by Crippen LogP contribution is 2.25. The van der Waals surface area contributed by atoms with E-state index in [1.165, 1.54) is 0 Å². The molecule has 1 aromatic rings. The summed E-state index contributed by atoms with van der Waals surface area (Å²) in [6, 6.07) is 9.53. The number of aliphatic hydroxyl groups is 1. The van der Waals surface area contributed by atoms with Gasteiger partial charge in [-0.25, -0.2) is 0 Å². The first-order valence-corrected chi connectivity index (χ1v) is 6.72. The highest BCUT2D eigenvalue weighted by molar-refractivity contribution is 5.71. The van der Waals surface area contributed by atoms with Gasteiger partial charge < -0.3 is 15.1 Å². The third-order valence-electron chi connectivity index (χ3n) is 3.97. The Labute approximate surface area is 115 Å². The van der Waals surface area contributed by atoms with Crippen molar-refractivity contribution in [2.75, 3.05) is 13.6 Å². The van der Waals surface area contributed by atoms with Gasteiger partial charge in [0.15, 0.2) is 0 Å². The Morgan fingerprint density at radius 1 is 1.53 bits per heavy atom. The van der Waals surface area contributed by atoms with Crippen LogP contribution in [0.2, 0.25) is 0 Å². The lowest BCUT2D eigenvalue weighted by atomic mass is 9.89. The van der Waals surface area contributed by atoms with Gasteiger partial charge in [-0.05, 0) is 38.4 Å². The lowest BCUT2D eigenvalue weighted by Crippen LogP contribution is -2.44. The van der Waals surface area contributed by atoms with Crippen LogP contribution in [0.15, 0.2) is 30.3 Å². The number of hydrogen-bond acceptors (Lipinski definition) is 3. The molecule has 0 aliphatic carbocycles. The van der Waals surface area contributed by atoms with E-state index in [0.717, 1.165) is 24.9 Å². The number of nitrogens with zero attached hydrogens (tertiary/aromatic N) is 1. The normalized spacial score (nSPS) is 23.8. The number of rotatable bonds is 6. The number of carboxylic acid groups (broad SMARTS) is 1. The summed E-state index contributed by atoms with van der Waals surface area (Å²) in [5, 5.41) is 14.3. The van der Waals surface area contributed by atoms with E-state index < -0.39 is 18.0 Å². The molecular weight excluding hydrogens is 242 g/mol. The summed E-state index contributed by atoms with van der Waals surface area (Å²) in [4.78, 5) is 13.7. The number of likely N-dealkylation sites (N-methyl/N-ethyl adjacent to an activating group) is 1. The van der Waals surface area contributed by atoms with Crippen LogP contribution in [0.4, 0.5) is 0 Å². The molecule has 4 heteroatoms. The van der Waals surface area contributed by atoms with Crippen LogP contribution in [0.3, 0.4) is 0 Å². The first kappa shape index (κ1) is 12.6. The van der Waals surface area contributed by atoms with Crippen LogP contribution >= 0.6 is 0 Å². The molecule has 2 rings (SSSR count). The second-order valence-corrected chi connectivity index (χ2v) is 5.29. The molecule has 19 heavy (non-hydrogen) atoms. The van der Waals surface area contributed by atoms with Crippen LogP contribution < -0.4 is 0 Å². The van der Waals surface area contributed by atoms with Gasteiger partial charge in [0, 0.05) is 6.04 Å². The number of carboxylic acids is 1. The standard InChI is InChI=1S/C15H21NO3/c1-16-9-5-8-13(16)14(17)12(15(18)19)10-11-6-3-2-4-7-11/h2-4,6-7,12-14,17H,5,8-10H2,1H3,(H,18,19)/i17T. The molecule has 0 bridgehead atoms. The lowest BCUT2D eigenvalue weighted by Gasteiger charge is -2.29. The number of aliphatic hydroxyl groups excluding tert-OH is 1. The molecule has 1 heterocycles. The van der Waals surface area contributed by atoms with E-state index in [9.17, 15) is 9.90 Å². The molecule has 1 aliphatic heterocycles. The average molecular weight is 265 g/mol. The fourth-order valence-corrected chi connectivity index (χ4v) is 2.83.